The Morgan fingerprint density at radius 3 is 2.30 bits per heavy atom. The quantitative estimate of drug-likeness (QED) is 0.566. The van der Waals surface area contributed by atoms with Gasteiger partial charge in [0.25, 0.3) is 0 Å². The molecule has 0 saturated carbocycles. The molecule has 0 atom stereocenters. The first-order valence-electron chi connectivity index (χ1n) is 9.85. The molecule has 2 aromatic rings. The maximum absolute atomic E-state index is 12.5. The molecular formula is C21H26N2O5S2. The van der Waals surface area contributed by atoms with Gasteiger partial charge in [-0.1, -0.05) is 23.8 Å². The molecule has 0 aromatic heterocycles. The number of carbonyl (C=O) groups excluding carboxylic acids is 1. The van der Waals surface area contributed by atoms with E-state index in [9.17, 15) is 21.6 Å². The Kier molecular flexibility index (Phi) is 6.95. The van der Waals surface area contributed by atoms with Crippen LogP contribution in [0.2, 0.25) is 0 Å². The minimum Gasteiger partial charge on any atom is -0.355 e. The van der Waals surface area contributed by atoms with Crippen LogP contribution in [-0.2, 0) is 37.5 Å². The van der Waals surface area contributed by atoms with Crippen LogP contribution in [0.25, 0.3) is 0 Å². The number of hydrogen-bond donors (Lipinski definition) is 2. The molecule has 0 bridgehead atoms. The van der Waals surface area contributed by atoms with Gasteiger partial charge in [-0.15, -0.1) is 0 Å². The Morgan fingerprint density at radius 1 is 0.900 bits per heavy atom. The van der Waals surface area contributed by atoms with Crippen LogP contribution in [0, 0.1) is 6.92 Å². The molecule has 9 heteroatoms. The van der Waals surface area contributed by atoms with Gasteiger partial charge in [-0.05, 0) is 61.6 Å². The lowest BCUT2D eigenvalue weighted by atomic mass is 10.1. The average Bonchev–Trinajstić information content (AvgIpc) is 3.18. The highest BCUT2D eigenvalue weighted by Crippen LogP contribution is 2.25. The van der Waals surface area contributed by atoms with Gasteiger partial charge in [0.15, 0.2) is 9.84 Å². The van der Waals surface area contributed by atoms with Crippen molar-refractivity contribution in [2.24, 2.45) is 0 Å². The van der Waals surface area contributed by atoms with E-state index in [-0.39, 0.29) is 35.1 Å². The van der Waals surface area contributed by atoms with Gasteiger partial charge in [0.05, 0.1) is 15.5 Å². The molecule has 2 N–H and O–H groups in total. The largest absolute Gasteiger partial charge is 0.355 e. The molecule has 0 aliphatic heterocycles. The molecule has 1 amide bonds. The van der Waals surface area contributed by atoms with Crippen LogP contribution in [-0.4, -0.2) is 41.6 Å². The zero-order chi connectivity index (χ0) is 21.8. The lowest BCUT2D eigenvalue weighted by Crippen LogP contribution is -2.35. The molecule has 3 rings (SSSR count). The van der Waals surface area contributed by atoms with E-state index in [0.717, 1.165) is 30.4 Å². The number of benzene rings is 2. The van der Waals surface area contributed by atoms with E-state index in [4.69, 9.17) is 0 Å². The average molecular weight is 451 g/mol. The first kappa shape index (κ1) is 22.5. The van der Waals surface area contributed by atoms with Gasteiger partial charge in [-0.25, -0.2) is 21.6 Å². The highest BCUT2D eigenvalue weighted by Gasteiger charge is 2.20. The van der Waals surface area contributed by atoms with Crippen molar-refractivity contribution < 1.29 is 21.6 Å². The summed E-state index contributed by atoms with van der Waals surface area (Å²) in [4.78, 5) is 12.4. The Labute approximate surface area is 177 Å². The molecule has 30 heavy (non-hydrogen) atoms. The summed E-state index contributed by atoms with van der Waals surface area (Å²) in [5, 5.41) is 2.55. The summed E-state index contributed by atoms with van der Waals surface area (Å²) in [6, 6.07) is 11.6. The molecule has 0 saturated heterocycles. The van der Waals surface area contributed by atoms with Crippen molar-refractivity contribution in [2.75, 3.05) is 18.8 Å². The fourth-order valence-electron chi connectivity index (χ4n) is 3.36. The summed E-state index contributed by atoms with van der Waals surface area (Å²) in [6.07, 6.45) is 2.72. The van der Waals surface area contributed by atoms with Gasteiger partial charge in [-0.2, -0.15) is 0 Å². The summed E-state index contributed by atoms with van der Waals surface area (Å²) < 4.78 is 51.8. The summed E-state index contributed by atoms with van der Waals surface area (Å²) in [5.41, 5.74) is 3.22. The summed E-state index contributed by atoms with van der Waals surface area (Å²) in [6.45, 7) is 1.95. The third-order valence-corrected chi connectivity index (χ3v) is 8.29. The normalized spacial score (nSPS) is 13.8. The fourth-order valence-corrected chi connectivity index (χ4v) is 5.68. The van der Waals surface area contributed by atoms with E-state index in [2.05, 4.69) is 10.0 Å². The van der Waals surface area contributed by atoms with Gasteiger partial charge in [0.2, 0.25) is 15.9 Å². The van der Waals surface area contributed by atoms with Crippen LogP contribution in [0.4, 0.5) is 0 Å². The number of amides is 1. The monoisotopic (exact) mass is 450 g/mol. The maximum Gasteiger partial charge on any atom is 0.240 e. The number of nitrogens with one attached hydrogen (secondary N) is 2. The van der Waals surface area contributed by atoms with Gasteiger partial charge in [0, 0.05) is 19.5 Å². The first-order valence-corrected chi connectivity index (χ1v) is 13.0. The molecule has 0 heterocycles. The molecule has 0 unspecified atom stereocenters. The molecule has 0 fully saturated rings. The van der Waals surface area contributed by atoms with Crippen LogP contribution in [0.15, 0.2) is 52.3 Å². The first-order chi connectivity index (χ1) is 14.2. The number of fused-ring (bicyclic) bond motifs is 1. The Bertz CT molecular complexity index is 1120. The van der Waals surface area contributed by atoms with Gasteiger partial charge in [-0.3, -0.25) is 4.79 Å². The van der Waals surface area contributed by atoms with Crippen molar-refractivity contribution in [3.05, 3.63) is 59.2 Å². The molecule has 0 radical (unpaired) electrons. The van der Waals surface area contributed by atoms with Crippen molar-refractivity contribution in [3.63, 3.8) is 0 Å². The number of sulfonamides is 1. The number of sulfone groups is 1. The predicted octanol–water partition coefficient (Wildman–Crippen LogP) is 1.74. The van der Waals surface area contributed by atoms with Crippen LogP contribution in [0.1, 0.15) is 29.5 Å². The van der Waals surface area contributed by atoms with Crippen LogP contribution in [0.3, 0.4) is 0 Å². The summed E-state index contributed by atoms with van der Waals surface area (Å²) in [7, 11) is -7.19. The van der Waals surface area contributed by atoms with Gasteiger partial charge in [0.1, 0.15) is 0 Å². The second-order valence-electron chi connectivity index (χ2n) is 7.41. The van der Waals surface area contributed by atoms with Crippen molar-refractivity contribution in [1.82, 2.24) is 10.0 Å². The van der Waals surface area contributed by atoms with Crippen LogP contribution < -0.4 is 10.0 Å². The van der Waals surface area contributed by atoms with E-state index >= 15 is 0 Å². The predicted molar refractivity (Wildman–Crippen MR) is 115 cm³/mol. The van der Waals surface area contributed by atoms with Gasteiger partial charge >= 0.3 is 0 Å². The van der Waals surface area contributed by atoms with Crippen molar-refractivity contribution >= 4 is 25.8 Å². The number of rotatable bonds is 9. The van der Waals surface area contributed by atoms with Crippen LogP contribution >= 0.6 is 0 Å². The Hall–Kier alpha value is -2.23. The highest BCUT2D eigenvalue weighted by molar-refractivity contribution is 7.91. The lowest BCUT2D eigenvalue weighted by Gasteiger charge is -2.09. The number of aryl methyl sites for hydroxylation is 3. The zero-order valence-corrected chi connectivity index (χ0v) is 18.5. The highest BCUT2D eigenvalue weighted by atomic mass is 32.2. The Morgan fingerprint density at radius 2 is 1.57 bits per heavy atom. The standard InChI is InChI=1S/C21H26N2O5S2/c1-16-5-8-19(9-6-16)30(27,28)23-13-12-22-21(24)11-14-29(25,26)20-10-7-17-3-2-4-18(17)15-20/h5-10,15,23H,2-4,11-14H2,1H3,(H,22,24). The van der Waals surface area contributed by atoms with E-state index in [1.54, 1.807) is 24.3 Å². The Balaban J connectivity index is 1.44. The maximum atomic E-state index is 12.5. The number of hydrogen-bond acceptors (Lipinski definition) is 5. The summed E-state index contributed by atoms with van der Waals surface area (Å²) >= 11 is 0. The molecule has 7 nitrogen and oxygen atoms in total. The smallest absolute Gasteiger partial charge is 0.240 e. The molecule has 1 aliphatic carbocycles. The third kappa shape index (κ3) is 5.68. The molecule has 2 aromatic carbocycles. The fraction of sp³-hybridized carbons (Fsp3) is 0.381. The van der Waals surface area contributed by atoms with Crippen molar-refractivity contribution in [2.45, 2.75) is 42.4 Å². The van der Waals surface area contributed by atoms with E-state index < -0.39 is 25.8 Å². The topological polar surface area (TPSA) is 109 Å². The lowest BCUT2D eigenvalue weighted by molar-refractivity contribution is -0.120. The number of carbonyl (C=O) groups is 1. The second kappa shape index (κ2) is 9.28. The van der Waals surface area contributed by atoms with Crippen LogP contribution in [0.5, 0.6) is 0 Å². The molecule has 0 spiro atoms. The zero-order valence-electron chi connectivity index (χ0n) is 16.8. The second-order valence-corrected chi connectivity index (χ2v) is 11.3. The van der Waals surface area contributed by atoms with Crippen molar-refractivity contribution in [1.29, 1.82) is 0 Å². The minimum absolute atomic E-state index is 0.0134. The summed E-state index contributed by atoms with van der Waals surface area (Å²) in [5.74, 6) is -0.721. The third-order valence-electron chi connectivity index (χ3n) is 5.10. The van der Waals surface area contributed by atoms with Crippen molar-refractivity contribution in [3.8, 4) is 0 Å². The molecular weight excluding hydrogens is 424 g/mol. The SMILES string of the molecule is Cc1ccc(S(=O)(=O)NCCNC(=O)CCS(=O)(=O)c2ccc3c(c2)CCC3)cc1. The minimum atomic E-state index is -3.65. The van der Waals surface area contributed by atoms with E-state index in [1.807, 2.05) is 13.0 Å². The van der Waals surface area contributed by atoms with E-state index in [1.165, 1.54) is 17.7 Å². The molecule has 162 valence electrons. The van der Waals surface area contributed by atoms with Gasteiger partial charge < -0.3 is 5.32 Å². The molecule has 1 aliphatic rings. The van der Waals surface area contributed by atoms with E-state index in [0.29, 0.717) is 0 Å².